The second-order valence-corrected chi connectivity index (χ2v) is 7.65. The number of nitrogens with zero attached hydrogens (tertiary/aromatic N) is 5. The number of carbonyl (C=O) groups excluding carboxylic acids is 1. The predicted octanol–water partition coefficient (Wildman–Crippen LogP) is 1.91. The lowest BCUT2D eigenvalue weighted by Crippen LogP contribution is -2.35. The molecule has 4 N–H and O–H groups in total. The topological polar surface area (TPSA) is 114 Å². The molecule has 9 nitrogen and oxygen atoms in total. The number of hydrogen-bond donors (Lipinski definition) is 3. The van der Waals surface area contributed by atoms with E-state index in [1.807, 2.05) is 50.1 Å². The summed E-state index contributed by atoms with van der Waals surface area (Å²) in [7, 11) is 3.63. The second-order valence-electron chi connectivity index (χ2n) is 7.65. The number of rotatable bonds is 8. The van der Waals surface area contributed by atoms with E-state index in [0.29, 0.717) is 36.4 Å². The highest BCUT2D eigenvalue weighted by molar-refractivity contribution is 5.98. The fourth-order valence-corrected chi connectivity index (χ4v) is 3.58. The van der Waals surface area contributed by atoms with Gasteiger partial charge in [0, 0.05) is 37.8 Å². The summed E-state index contributed by atoms with van der Waals surface area (Å²) in [6.45, 7) is 6.74. The SMILES string of the molecule is CC#CCn1c(N(C)C[C@@H](C)N)nc(NC)c1C(=O)NCc1nc(C)c2ccccc2n1. The average Bonchev–Trinajstić information content (AvgIpc) is 3.14. The zero-order chi connectivity index (χ0) is 23.3. The van der Waals surface area contributed by atoms with Gasteiger partial charge in [-0.1, -0.05) is 24.1 Å². The number of aryl methyl sites for hydroxylation is 1. The summed E-state index contributed by atoms with van der Waals surface area (Å²) in [5.74, 6) is 7.28. The first kappa shape index (κ1) is 23.0. The van der Waals surface area contributed by atoms with Crippen molar-refractivity contribution in [3.05, 3.63) is 41.5 Å². The van der Waals surface area contributed by atoms with Crippen LogP contribution in [0, 0.1) is 18.8 Å². The summed E-state index contributed by atoms with van der Waals surface area (Å²) in [5.41, 5.74) is 8.09. The third-order valence-corrected chi connectivity index (χ3v) is 4.96. The molecule has 0 unspecified atom stereocenters. The number of nitrogens with one attached hydrogen (secondary N) is 2. The highest BCUT2D eigenvalue weighted by atomic mass is 16.2. The number of imidazole rings is 1. The third-order valence-electron chi connectivity index (χ3n) is 4.96. The smallest absolute Gasteiger partial charge is 0.272 e. The first-order valence-electron chi connectivity index (χ1n) is 10.5. The molecule has 1 aromatic carbocycles. The zero-order valence-electron chi connectivity index (χ0n) is 19.2. The first-order chi connectivity index (χ1) is 15.3. The van der Waals surface area contributed by atoms with Crippen molar-refractivity contribution >= 4 is 28.6 Å². The van der Waals surface area contributed by atoms with Gasteiger partial charge in [0.25, 0.3) is 5.91 Å². The Morgan fingerprint density at radius 1 is 1.28 bits per heavy atom. The number of nitrogens with two attached hydrogens (primary N) is 1. The van der Waals surface area contributed by atoms with Crippen molar-refractivity contribution in [3.8, 4) is 11.8 Å². The Kier molecular flexibility index (Phi) is 7.28. The zero-order valence-corrected chi connectivity index (χ0v) is 19.2. The number of benzene rings is 1. The Morgan fingerprint density at radius 3 is 2.72 bits per heavy atom. The van der Waals surface area contributed by atoms with Crippen LogP contribution >= 0.6 is 0 Å². The molecular formula is C23H30N8O. The molecule has 1 amide bonds. The van der Waals surface area contributed by atoms with Crippen LogP contribution in [-0.2, 0) is 13.1 Å². The fourth-order valence-electron chi connectivity index (χ4n) is 3.58. The molecule has 2 heterocycles. The largest absolute Gasteiger partial charge is 0.371 e. The highest BCUT2D eigenvalue weighted by Gasteiger charge is 2.24. The Bertz CT molecular complexity index is 1170. The van der Waals surface area contributed by atoms with E-state index in [0.717, 1.165) is 16.6 Å². The van der Waals surface area contributed by atoms with E-state index in [1.165, 1.54) is 0 Å². The van der Waals surface area contributed by atoms with Crippen molar-refractivity contribution in [2.75, 3.05) is 30.9 Å². The monoisotopic (exact) mass is 434 g/mol. The van der Waals surface area contributed by atoms with Gasteiger partial charge in [0.05, 0.1) is 18.6 Å². The number of fused-ring (bicyclic) bond motifs is 1. The Morgan fingerprint density at radius 2 is 2.03 bits per heavy atom. The minimum Gasteiger partial charge on any atom is -0.371 e. The molecule has 168 valence electrons. The van der Waals surface area contributed by atoms with E-state index >= 15 is 0 Å². The van der Waals surface area contributed by atoms with Gasteiger partial charge < -0.3 is 21.3 Å². The van der Waals surface area contributed by atoms with Gasteiger partial charge in [-0.25, -0.2) is 9.97 Å². The second kappa shape index (κ2) is 10.1. The molecule has 2 aromatic heterocycles. The molecule has 1 atom stereocenters. The number of aromatic nitrogens is 4. The quantitative estimate of drug-likeness (QED) is 0.464. The maximum absolute atomic E-state index is 13.2. The predicted molar refractivity (Wildman–Crippen MR) is 128 cm³/mol. The van der Waals surface area contributed by atoms with Crippen molar-refractivity contribution in [1.82, 2.24) is 24.8 Å². The van der Waals surface area contributed by atoms with Crippen LogP contribution in [0.5, 0.6) is 0 Å². The fraction of sp³-hybridized carbons (Fsp3) is 0.391. The Balaban J connectivity index is 1.90. The number of para-hydroxylation sites is 1. The molecule has 3 aromatic rings. The van der Waals surface area contributed by atoms with E-state index in [1.54, 1.807) is 18.5 Å². The molecule has 0 fully saturated rings. The van der Waals surface area contributed by atoms with E-state index in [2.05, 4.69) is 37.4 Å². The van der Waals surface area contributed by atoms with Crippen LogP contribution in [0.3, 0.4) is 0 Å². The first-order valence-corrected chi connectivity index (χ1v) is 10.5. The molecule has 0 aliphatic carbocycles. The molecule has 3 rings (SSSR count). The summed E-state index contributed by atoms with van der Waals surface area (Å²) in [4.78, 5) is 28.9. The van der Waals surface area contributed by atoms with Gasteiger partial charge in [0.1, 0.15) is 5.82 Å². The number of hydrogen-bond acceptors (Lipinski definition) is 7. The van der Waals surface area contributed by atoms with E-state index in [4.69, 9.17) is 5.73 Å². The summed E-state index contributed by atoms with van der Waals surface area (Å²) < 4.78 is 1.80. The highest BCUT2D eigenvalue weighted by Crippen LogP contribution is 2.23. The molecule has 0 aliphatic heterocycles. The van der Waals surface area contributed by atoms with Gasteiger partial charge in [-0.15, -0.1) is 5.92 Å². The van der Waals surface area contributed by atoms with Crippen LogP contribution in [0.4, 0.5) is 11.8 Å². The summed E-state index contributed by atoms with van der Waals surface area (Å²) >= 11 is 0. The molecule has 0 radical (unpaired) electrons. The summed E-state index contributed by atoms with van der Waals surface area (Å²) in [6.07, 6.45) is 0. The van der Waals surface area contributed by atoms with E-state index < -0.39 is 0 Å². The average molecular weight is 435 g/mol. The maximum Gasteiger partial charge on any atom is 0.272 e. The standard InChI is InChI=1S/C23H30N8O/c1-6-7-12-31-20(21(25-4)29-23(31)30(5)14-15(2)24)22(32)26-13-19-27-16(3)17-10-8-9-11-18(17)28-19/h8-11,15,25H,12-14,24H2,1-5H3,(H,26,32)/t15-/m1/s1. The lowest BCUT2D eigenvalue weighted by atomic mass is 10.2. The molecule has 9 heteroatoms. The van der Waals surface area contributed by atoms with E-state index in [-0.39, 0.29) is 18.5 Å². The number of likely N-dealkylation sites (N-methyl/N-ethyl adjacent to an activating group) is 1. The van der Waals surface area contributed by atoms with Crippen LogP contribution in [0.1, 0.15) is 35.9 Å². The van der Waals surface area contributed by atoms with Crippen molar-refractivity contribution < 1.29 is 4.79 Å². The van der Waals surface area contributed by atoms with Crippen LogP contribution in [0.15, 0.2) is 24.3 Å². The lowest BCUT2D eigenvalue weighted by Gasteiger charge is -2.21. The molecule has 32 heavy (non-hydrogen) atoms. The molecular weight excluding hydrogens is 404 g/mol. The summed E-state index contributed by atoms with van der Waals surface area (Å²) in [6, 6.07) is 7.77. The van der Waals surface area contributed by atoms with Gasteiger partial charge in [0.2, 0.25) is 5.95 Å². The van der Waals surface area contributed by atoms with E-state index in [9.17, 15) is 4.79 Å². The molecule has 0 bridgehead atoms. The molecule has 0 saturated heterocycles. The lowest BCUT2D eigenvalue weighted by molar-refractivity contribution is 0.0942. The van der Waals surface area contributed by atoms with Crippen molar-refractivity contribution in [1.29, 1.82) is 0 Å². The molecule has 0 aliphatic rings. The molecule has 0 saturated carbocycles. The van der Waals surface area contributed by atoms with Crippen LogP contribution < -0.4 is 21.3 Å². The van der Waals surface area contributed by atoms with Gasteiger partial charge in [-0.2, -0.15) is 4.98 Å². The normalized spacial score (nSPS) is 11.6. The minimum absolute atomic E-state index is 0.0500. The van der Waals surface area contributed by atoms with Gasteiger partial charge >= 0.3 is 0 Å². The van der Waals surface area contributed by atoms with Crippen molar-refractivity contribution in [2.45, 2.75) is 39.9 Å². The number of amides is 1. The van der Waals surface area contributed by atoms with Gasteiger partial charge in [-0.3, -0.25) is 9.36 Å². The van der Waals surface area contributed by atoms with Gasteiger partial charge in [-0.05, 0) is 26.8 Å². The van der Waals surface area contributed by atoms with Crippen LogP contribution in [0.2, 0.25) is 0 Å². The van der Waals surface area contributed by atoms with Crippen molar-refractivity contribution in [2.24, 2.45) is 5.73 Å². The number of anilines is 2. The summed E-state index contributed by atoms with van der Waals surface area (Å²) in [5, 5.41) is 6.96. The van der Waals surface area contributed by atoms with Gasteiger partial charge in [0.15, 0.2) is 11.5 Å². The Labute approximate surface area is 188 Å². The Hall–Kier alpha value is -3.64. The third kappa shape index (κ3) is 4.98. The van der Waals surface area contributed by atoms with Crippen LogP contribution in [0.25, 0.3) is 10.9 Å². The number of carbonyl (C=O) groups is 1. The van der Waals surface area contributed by atoms with Crippen LogP contribution in [-0.4, -0.2) is 52.1 Å². The molecule has 0 spiro atoms. The maximum atomic E-state index is 13.2. The minimum atomic E-state index is -0.283. The van der Waals surface area contributed by atoms with Crippen molar-refractivity contribution in [3.63, 3.8) is 0 Å².